The van der Waals surface area contributed by atoms with Crippen LogP contribution in [0.5, 0.6) is 5.75 Å². The van der Waals surface area contributed by atoms with Gasteiger partial charge in [-0.25, -0.2) is 4.79 Å². The Balaban J connectivity index is 1.65. The van der Waals surface area contributed by atoms with Crippen molar-refractivity contribution in [2.24, 2.45) is 22.7 Å². The number of rotatable bonds is 3. The van der Waals surface area contributed by atoms with Crippen molar-refractivity contribution in [3.8, 4) is 5.75 Å². The third-order valence-corrected chi connectivity index (χ3v) is 7.34. The highest BCUT2D eigenvalue weighted by molar-refractivity contribution is 5.85. The molecule has 0 N–H and O–H groups in total. The first-order valence-corrected chi connectivity index (χ1v) is 10.1. The number of ketones is 1. The Hall–Kier alpha value is -2.36. The zero-order valence-electron chi connectivity index (χ0n) is 16.9. The summed E-state index contributed by atoms with van der Waals surface area (Å²) in [6.45, 7) is 11.3. The molecule has 2 saturated carbocycles. The summed E-state index contributed by atoms with van der Waals surface area (Å²) >= 11 is 0. The highest BCUT2D eigenvalue weighted by Crippen LogP contribution is 2.59. The van der Waals surface area contributed by atoms with Crippen molar-refractivity contribution >= 4 is 16.8 Å². The number of carbonyl (C=O) groups excluding carboxylic acids is 1. The van der Waals surface area contributed by atoms with Crippen LogP contribution in [0.1, 0.15) is 46.5 Å². The number of para-hydroxylation sites is 1. The van der Waals surface area contributed by atoms with Gasteiger partial charge in [-0.05, 0) is 42.7 Å². The molecular formula is C24H28O4. The molecule has 28 heavy (non-hydrogen) atoms. The third kappa shape index (κ3) is 2.90. The van der Waals surface area contributed by atoms with Gasteiger partial charge < -0.3 is 9.15 Å². The SMILES string of the molecule is C=C1CCC2C(C)(C)C(=O)CCC2(C)C1COc1cc(=O)oc2ccccc12. The summed E-state index contributed by atoms with van der Waals surface area (Å²) in [7, 11) is 0. The molecule has 2 aromatic rings. The number of Topliss-reactive ketones (excluding diaryl/α,β-unsaturated/α-hetero) is 1. The molecule has 0 spiro atoms. The van der Waals surface area contributed by atoms with Crippen molar-refractivity contribution < 1.29 is 13.9 Å². The van der Waals surface area contributed by atoms with E-state index in [9.17, 15) is 9.59 Å². The van der Waals surface area contributed by atoms with Gasteiger partial charge in [0.1, 0.15) is 17.1 Å². The Morgan fingerprint density at radius 2 is 1.93 bits per heavy atom. The lowest BCUT2D eigenvalue weighted by molar-refractivity contribution is -0.145. The second kappa shape index (κ2) is 6.61. The van der Waals surface area contributed by atoms with Crippen molar-refractivity contribution in [3.05, 3.63) is 52.9 Å². The average molecular weight is 380 g/mol. The molecule has 0 aliphatic heterocycles. The first kappa shape index (κ1) is 19.0. The van der Waals surface area contributed by atoms with E-state index in [-0.39, 0.29) is 16.7 Å². The van der Waals surface area contributed by atoms with E-state index in [1.807, 2.05) is 18.2 Å². The normalized spacial score (nSPS) is 29.5. The van der Waals surface area contributed by atoms with Crippen LogP contribution in [0, 0.1) is 22.7 Å². The van der Waals surface area contributed by atoms with Gasteiger partial charge >= 0.3 is 5.63 Å². The van der Waals surface area contributed by atoms with E-state index in [4.69, 9.17) is 9.15 Å². The quantitative estimate of drug-likeness (QED) is 0.546. The lowest BCUT2D eigenvalue weighted by Crippen LogP contribution is -2.54. The van der Waals surface area contributed by atoms with E-state index < -0.39 is 5.63 Å². The molecule has 2 aliphatic carbocycles. The predicted octanol–water partition coefficient (Wildman–Crippen LogP) is 5.15. The summed E-state index contributed by atoms with van der Waals surface area (Å²) in [5.41, 5.74) is 0.968. The van der Waals surface area contributed by atoms with Crippen LogP contribution >= 0.6 is 0 Å². The molecule has 148 valence electrons. The Bertz CT molecular complexity index is 999. The largest absolute Gasteiger partial charge is 0.492 e. The van der Waals surface area contributed by atoms with Gasteiger partial charge in [0.15, 0.2) is 0 Å². The van der Waals surface area contributed by atoms with Gasteiger partial charge in [-0.15, -0.1) is 0 Å². The van der Waals surface area contributed by atoms with Gasteiger partial charge in [-0.2, -0.15) is 0 Å². The number of ether oxygens (including phenoxy) is 1. The number of hydrogen-bond donors (Lipinski definition) is 0. The lowest BCUT2D eigenvalue weighted by Gasteiger charge is -2.56. The molecular weight excluding hydrogens is 352 g/mol. The highest BCUT2D eigenvalue weighted by Gasteiger charge is 2.56. The van der Waals surface area contributed by atoms with Crippen molar-refractivity contribution in [3.63, 3.8) is 0 Å². The Kier molecular flexibility index (Phi) is 4.48. The Morgan fingerprint density at radius 3 is 2.71 bits per heavy atom. The fraction of sp³-hybridized carbons (Fsp3) is 0.500. The standard InChI is InChI=1S/C24H28O4/c1-15-9-10-20-23(2,3)21(25)11-12-24(20,4)17(15)14-27-19-13-22(26)28-18-8-6-5-7-16(18)19/h5-8,13,17,20H,1,9-12,14H2,2-4H3. The molecule has 4 nitrogen and oxygen atoms in total. The molecule has 1 aromatic carbocycles. The summed E-state index contributed by atoms with van der Waals surface area (Å²) in [6.07, 6.45) is 3.40. The molecule has 1 aromatic heterocycles. The summed E-state index contributed by atoms with van der Waals surface area (Å²) in [5.74, 6) is 1.40. The van der Waals surface area contributed by atoms with Gasteiger partial charge in [-0.1, -0.05) is 45.1 Å². The molecule has 4 heteroatoms. The highest BCUT2D eigenvalue weighted by atomic mass is 16.5. The fourth-order valence-electron chi connectivity index (χ4n) is 5.66. The molecule has 1 heterocycles. The summed E-state index contributed by atoms with van der Waals surface area (Å²) < 4.78 is 11.5. The Labute approximate surface area is 165 Å². The van der Waals surface area contributed by atoms with Crippen LogP contribution < -0.4 is 10.4 Å². The summed E-state index contributed by atoms with van der Waals surface area (Å²) in [6, 6.07) is 8.83. The number of benzene rings is 1. The van der Waals surface area contributed by atoms with E-state index in [1.165, 1.54) is 11.6 Å². The van der Waals surface area contributed by atoms with Gasteiger partial charge in [-0.3, -0.25) is 4.79 Å². The molecule has 3 unspecified atom stereocenters. The van der Waals surface area contributed by atoms with Crippen LogP contribution in [0.3, 0.4) is 0 Å². The maximum Gasteiger partial charge on any atom is 0.339 e. The maximum absolute atomic E-state index is 12.6. The average Bonchev–Trinajstić information content (AvgIpc) is 2.64. The van der Waals surface area contributed by atoms with Crippen LogP contribution in [0.25, 0.3) is 11.0 Å². The van der Waals surface area contributed by atoms with Crippen molar-refractivity contribution in [1.29, 1.82) is 0 Å². The minimum absolute atomic E-state index is 0.0258. The first-order valence-electron chi connectivity index (χ1n) is 10.1. The van der Waals surface area contributed by atoms with Gasteiger partial charge in [0, 0.05) is 17.8 Å². The second-order valence-electron chi connectivity index (χ2n) is 9.19. The van der Waals surface area contributed by atoms with Crippen molar-refractivity contribution in [1.82, 2.24) is 0 Å². The molecule has 0 radical (unpaired) electrons. The van der Waals surface area contributed by atoms with E-state index >= 15 is 0 Å². The van der Waals surface area contributed by atoms with Crippen LogP contribution in [-0.4, -0.2) is 12.4 Å². The van der Waals surface area contributed by atoms with Crippen molar-refractivity contribution in [2.75, 3.05) is 6.61 Å². The molecule has 2 aliphatic rings. The number of fused-ring (bicyclic) bond motifs is 2. The predicted molar refractivity (Wildman–Crippen MR) is 109 cm³/mol. The topological polar surface area (TPSA) is 56.5 Å². The number of carbonyl (C=O) groups is 1. The monoisotopic (exact) mass is 380 g/mol. The maximum atomic E-state index is 12.6. The molecule has 0 saturated heterocycles. The van der Waals surface area contributed by atoms with Crippen LogP contribution in [0.2, 0.25) is 0 Å². The van der Waals surface area contributed by atoms with Gasteiger partial charge in [0.25, 0.3) is 0 Å². The Morgan fingerprint density at radius 1 is 1.18 bits per heavy atom. The molecule has 2 fully saturated rings. The van der Waals surface area contributed by atoms with Crippen LogP contribution in [0.4, 0.5) is 0 Å². The summed E-state index contributed by atoms with van der Waals surface area (Å²) in [4.78, 5) is 24.5. The molecule has 0 bridgehead atoms. The van der Waals surface area contributed by atoms with Crippen LogP contribution in [0.15, 0.2) is 51.7 Å². The molecule has 4 rings (SSSR count). The second-order valence-corrected chi connectivity index (χ2v) is 9.19. The molecule has 3 atom stereocenters. The van der Waals surface area contributed by atoms with Gasteiger partial charge in [0.2, 0.25) is 0 Å². The van der Waals surface area contributed by atoms with E-state index in [1.54, 1.807) is 6.07 Å². The smallest absolute Gasteiger partial charge is 0.339 e. The zero-order valence-corrected chi connectivity index (χ0v) is 16.9. The van der Waals surface area contributed by atoms with Gasteiger partial charge in [0.05, 0.1) is 18.1 Å². The molecule has 0 amide bonds. The minimum Gasteiger partial charge on any atom is -0.492 e. The minimum atomic E-state index is -0.412. The lowest BCUT2D eigenvalue weighted by atomic mass is 9.47. The fourth-order valence-corrected chi connectivity index (χ4v) is 5.66. The summed E-state index contributed by atoms with van der Waals surface area (Å²) in [5, 5.41) is 0.796. The van der Waals surface area contributed by atoms with E-state index in [0.29, 0.717) is 36.1 Å². The zero-order chi connectivity index (χ0) is 20.1. The van der Waals surface area contributed by atoms with Crippen molar-refractivity contribution in [2.45, 2.75) is 46.5 Å². The van der Waals surface area contributed by atoms with E-state index in [2.05, 4.69) is 27.4 Å². The van der Waals surface area contributed by atoms with Crippen LogP contribution in [-0.2, 0) is 4.79 Å². The number of hydrogen-bond acceptors (Lipinski definition) is 4. The first-order chi connectivity index (χ1) is 13.2. The van der Waals surface area contributed by atoms with E-state index in [0.717, 1.165) is 24.6 Å². The third-order valence-electron chi connectivity index (χ3n) is 7.34.